The highest BCUT2D eigenvalue weighted by Gasteiger charge is 2.31. The van der Waals surface area contributed by atoms with Gasteiger partial charge in [0.25, 0.3) is 0 Å². The summed E-state index contributed by atoms with van der Waals surface area (Å²) in [5, 5.41) is 20.8. The fourth-order valence-electron chi connectivity index (χ4n) is 2.67. The van der Waals surface area contributed by atoms with Gasteiger partial charge in [0.2, 0.25) is 5.75 Å². The number of phenolic OH excluding ortho intramolecular Hbond substituents is 1. The zero-order valence-electron chi connectivity index (χ0n) is 16.4. The van der Waals surface area contributed by atoms with E-state index in [0.717, 1.165) is 30.3 Å². The molecular formula is C22H13ClF3NO6. The van der Waals surface area contributed by atoms with Crippen LogP contribution in [0.25, 0.3) is 6.08 Å². The Bertz CT molecular complexity index is 1210. The molecule has 170 valence electrons. The van der Waals surface area contributed by atoms with E-state index in [4.69, 9.17) is 16.3 Å². The van der Waals surface area contributed by atoms with Crippen LogP contribution in [0.5, 0.6) is 23.0 Å². The third-order valence-corrected chi connectivity index (χ3v) is 4.34. The predicted octanol–water partition coefficient (Wildman–Crippen LogP) is 6.54. The van der Waals surface area contributed by atoms with Crippen molar-refractivity contribution >= 4 is 29.1 Å². The van der Waals surface area contributed by atoms with Gasteiger partial charge in [0.15, 0.2) is 5.78 Å². The number of nitro groups is 1. The van der Waals surface area contributed by atoms with Crippen molar-refractivity contribution in [2.45, 2.75) is 6.36 Å². The van der Waals surface area contributed by atoms with Crippen molar-refractivity contribution in [3.63, 3.8) is 0 Å². The molecule has 0 saturated heterocycles. The van der Waals surface area contributed by atoms with Crippen LogP contribution >= 0.6 is 11.6 Å². The molecule has 0 fully saturated rings. The zero-order chi connectivity index (χ0) is 24.2. The Labute approximate surface area is 189 Å². The highest BCUT2D eigenvalue weighted by atomic mass is 35.5. The molecular weight excluding hydrogens is 467 g/mol. The van der Waals surface area contributed by atoms with Crippen molar-refractivity contribution in [3.8, 4) is 23.0 Å². The summed E-state index contributed by atoms with van der Waals surface area (Å²) in [6.45, 7) is 0. The van der Waals surface area contributed by atoms with E-state index in [1.165, 1.54) is 18.2 Å². The van der Waals surface area contributed by atoms with Crippen molar-refractivity contribution in [2.75, 3.05) is 0 Å². The van der Waals surface area contributed by atoms with Crippen LogP contribution in [0.4, 0.5) is 18.9 Å². The molecule has 3 aromatic carbocycles. The number of hydrogen-bond donors (Lipinski definition) is 1. The lowest BCUT2D eigenvalue weighted by Gasteiger charge is -2.10. The Morgan fingerprint density at radius 2 is 1.55 bits per heavy atom. The first-order valence-corrected chi connectivity index (χ1v) is 9.42. The average molecular weight is 480 g/mol. The Morgan fingerprint density at radius 1 is 1.00 bits per heavy atom. The van der Waals surface area contributed by atoms with Crippen LogP contribution in [0.3, 0.4) is 0 Å². The number of nitro benzene ring substituents is 1. The number of rotatable bonds is 7. The minimum absolute atomic E-state index is 0.0734. The summed E-state index contributed by atoms with van der Waals surface area (Å²) in [6.07, 6.45) is -2.25. The van der Waals surface area contributed by atoms with E-state index in [0.29, 0.717) is 11.3 Å². The number of ether oxygens (including phenoxy) is 2. The maximum absolute atomic E-state index is 12.4. The van der Waals surface area contributed by atoms with Gasteiger partial charge < -0.3 is 14.6 Å². The van der Waals surface area contributed by atoms with Crippen LogP contribution in [-0.2, 0) is 0 Å². The van der Waals surface area contributed by atoms with Crippen LogP contribution < -0.4 is 9.47 Å². The maximum Gasteiger partial charge on any atom is 0.573 e. The minimum atomic E-state index is -4.78. The Hall–Kier alpha value is -4.05. The predicted molar refractivity (Wildman–Crippen MR) is 113 cm³/mol. The Balaban J connectivity index is 1.67. The van der Waals surface area contributed by atoms with Crippen molar-refractivity contribution in [1.29, 1.82) is 0 Å². The van der Waals surface area contributed by atoms with Gasteiger partial charge in [0.05, 0.1) is 10.5 Å². The lowest BCUT2D eigenvalue weighted by molar-refractivity contribution is -0.385. The molecule has 0 atom stereocenters. The highest BCUT2D eigenvalue weighted by molar-refractivity contribution is 6.31. The van der Waals surface area contributed by atoms with Crippen molar-refractivity contribution < 1.29 is 37.5 Å². The van der Waals surface area contributed by atoms with Gasteiger partial charge in [-0.05, 0) is 54.1 Å². The molecule has 0 spiro atoms. The first-order valence-electron chi connectivity index (χ1n) is 9.05. The molecule has 0 amide bonds. The minimum Gasteiger partial charge on any atom is -0.502 e. The normalized spacial score (nSPS) is 11.4. The van der Waals surface area contributed by atoms with E-state index < -0.39 is 28.5 Å². The second-order valence-electron chi connectivity index (χ2n) is 6.47. The molecule has 0 aliphatic heterocycles. The first-order chi connectivity index (χ1) is 15.5. The molecule has 0 bridgehead atoms. The number of nitrogens with zero attached hydrogens (tertiary/aromatic N) is 1. The molecule has 1 N–H and O–H groups in total. The van der Waals surface area contributed by atoms with Gasteiger partial charge >= 0.3 is 12.0 Å². The largest absolute Gasteiger partial charge is 0.573 e. The first kappa shape index (κ1) is 23.6. The number of halogens is 4. The number of benzene rings is 3. The molecule has 0 unspecified atom stereocenters. The zero-order valence-corrected chi connectivity index (χ0v) is 17.1. The van der Waals surface area contributed by atoms with Gasteiger partial charge in [0, 0.05) is 11.1 Å². The van der Waals surface area contributed by atoms with Crippen LogP contribution in [0.2, 0.25) is 5.02 Å². The molecule has 0 radical (unpaired) electrons. The Kier molecular flexibility index (Phi) is 6.88. The lowest BCUT2D eigenvalue weighted by Crippen LogP contribution is -2.16. The molecule has 0 saturated carbocycles. The van der Waals surface area contributed by atoms with Crippen LogP contribution in [-0.4, -0.2) is 22.2 Å². The van der Waals surface area contributed by atoms with Crippen molar-refractivity contribution in [3.05, 3.63) is 93.0 Å². The van der Waals surface area contributed by atoms with Crippen molar-refractivity contribution in [2.24, 2.45) is 0 Å². The monoisotopic (exact) mass is 479 g/mol. The van der Waals surface area contributed by atoms with Gasteiger partial charge in [-0.2, -0.15) is 0 Å². The second-order valence-corrected chi connectivity index (χ2v) is 6.90. The summed E-state index contributed by atoms with van der Waals surface area (Å²) in [4.78, 5) is 22.5. The van der Waals surface area contributed by atoms with Gasteiger partial charge in [0.1, 0.15) is 17.2 Å². The van der Waals surface area contributed by atoms with Gasteiger partial charge in [-0.25, -0.2) is 0 Å². The fourth-order valence-corrected chi connectivity index (χ4v) is 2.88. The number of alkyl halides is 3. The quantitative estimate of drug-likeness (QED) is 0.179. The summed E-state index contributed by atoms with van der Waals surface area (Å²) < 4.78 is 45.9. The number of hydrogen-bond acceptors (Lipinski definition) is 6. The van der Waals surface area contributed by atoms with Crippen LogP contribution in [0, 0.1) is 10.1 Å². The molecule has 0 heterocycles. The SMILES string of the molecule is O=C(/C=C/c1ccc(Oc2ccc(OC(F)(F)F)cc2)cc1)c1cc(Cl)cc([N+](=O)[O-])c1O. The topological polar surface area (TPSA) is 98.9 Å². The number of aromatic hydroxyl groups is 1. The smallest absolute Gasteiger partial charge is 0.502 e. The average Bonchev–Trinajstić information content (AvgIpc) is 2.74. The van der Waals surface area contributed by atoms with Crippen LogP contribution in [0.15, 0.2) is 66.7 Å². The number of phenols is 1. The summed E-state index contributed by atoms with van der Waals surface area (Å²) >= 11 is 5.79. The van der Waals surface area contributed by atoms with Crippen molar-refractivity contribution in [1.82, 2.24) is 0 Å². The number of ketones is 1. The second kappa shape index (κ2) is 9.61. The molecule has 0 aromatic heterocycles. The summed E-state index contributed by atoms with van der Waals surface area (Å²) in [5.41, 5.74) is -0.428. The molecule has 0 aliphatic rings. The van der Waals surface area contributed by atoms with E-state index >= 15 is 0 Å². The van der Waals surface area contributed by atoms with E-state index in [1.807, 2.05) is 0 Å². The molecule has 0 aliphatic carbocycles. The molecule has 3 aromatic rings. The number of carbonyl (C=O) groups is 1. The Morgan fingerprint density at radius 3 is 2.09 bits per heavy atom. The number of allylic oxidation sites excluding steroid dienone is 1. The maximum atomic E-state index is 12.4. The van der Waals surface area contributed by atoms with Crippen LogP contribution in [0.1, 0.15) is 15.9 Å². The molecule has 3 rings (SSSR count). The van der Waals surface area contributed by atoms with E-state index in [1.54, 1.807) is 24.3 Å². The van der Waals surface area contributed by atoms with Gasteiger partial charge in [-0.1, -0.05) is 29.8 Å². The molecule has 7 nitrogen and oxygen atoms in total. The van der Waals surface area contributed by atoms with E-state index in [9.17, 15) is 33.2 Å². The van der Waals surface area contributed by atoms with E-state index in [-0.39, 0.29) is 22.1 Å². The summed E-state index contributed by atoms with van der Waals surface area (Å²) in [6, 6.07) is 13.2. The molecule has 11 heteroatoms. The van der Waals surface area contributed by atoms with Gasteiger partial charge in [-0.3, -0.25) is 14.9 Å². The summed E-state index contributed by atoms with van der Waals surface area (Å²) in [5.74, 6) is -1.20. The fraction of sp³-hybridized carbons (Fsp3) is 0.0455. The number of carbonyl (C=O) groups excluding carboxylic acids is 1. The standard InChI is InChI=1S/C22H13ClF3NO6/c23-14-11-18(21(29)19(12-14)27(30)31)20(28)10-3-13-1-4-15(5-2-13)32-16-6-8-17(9-7-16)33-22(24,25)26/h1-12,29H/b10-3+. The lowest BCUT2D eigenvalue weighted by atomic mass is 10.1. The third-order valence-electron chi connectivity index (χ3n) is 4.12. The molecule has 33 heavy (non-hydrogen) atoms. The summed E-state index contributed by atoms with van der Waals surface area (Å²) in [7, 11) is 0. The van der Waals surface area contributed by atoms with E-state index in [2.05, 4.69) is 4.74 Å². The third kappa shape index (κ3) is 6.47. The van der Waals surface area contributed by atoms with Gasteiger partial charge in [-0.15, -0.1) is 13.2 Å². The highest BCUT2D eigenvalue weighted by Crippen LogP contribution is 2.34.